The first kappa shape index (κ1) is 12.8. The van der Waals surface area contributed by atoms with E-state index in [0.29, 0.717) is 19.3 Å². The average molecular weight is 261 g/mol. The second-order valence-electron chi connectivity index (χ2n) is 5.61. The first-order chi connectivity index (χ1) is 9.33. The molecule has 1 saturated heterocycles. The molecule has 0 radical (unpaired) electrons. The Hall–Kier alpha value is -1.22. The van der Waals surface area contributed by atoms with E-state index < -0.39 is 0 Å². The number of likely N-dealkylation sites (tertiary alicyclic amines) is 1. The van der Waals surface area contributed by atoms with E-state index in [0.717, 1.165) is 17.9 Å². The van der Waals surface area contributed by atoms with Crippen molar-refractivity contribution in [2.75, 3.05) is 26.3 Å². The fourth-order valence-electron chi connectivity index (χ4n) is 2.98. The van der Waals surface area contributed by atoms with Crippen molar-refractivity contribution in [2.24, 2.45) is 0 Å². The number of rotatable bonds is 4. The van der Waals surface area contributed by atoms with Crippen molar-refractivity contribution in [3.8, 4) is 11.5 Å². The lowest BCUT2D eigenvalue weighted by atomic mass is 10.0. The first-order valence-electron chi connectivity index (χ1n) is 7.45. The topological polar surface area (TPSA) is 21.7 Å². The summed E-state index contributed by atoms with van der Waals surface area (Å²) in [5.41, 5.74) is 1.36. The van der Waals surface area contributed by atoms with Gasteiger partial charge in [-0.1, -0.05) is 6.07 Å². The Morgan fingerprint density at radius 2 is 1.84 bits per heavy atom. The molecule has 104 valence electrons. The number of aryl methyl sites for hydroxylation is 1. The number of nitrogens with zero attached hydrogens (tertiary/aromatic N) is 1. The Morgan fingerprint density at radius 3 is 2.63 bits per heavy atom. The van der Waals surface area contributed by atoms with Crippen molar-refractivity contribution in [3.63, 3.8) is 0 Å². The van der Waals surface area contributed by atoms with Crippen LogP contribution in [0.3, 0.4) is 0 Å². The molecule has 3 heteroatoms. The monoisotopic (exact) mass is 261 g/mol. The van der Waals surface area contributed by atoms with Gasteiger partial charge in [0.05, 0.1) is 0 Å². The van der Waals surface area contributed by atoms with E-state index >= 15 is 0 Å². The Morgan fingerprint density at radius 1 is 1.11 bits per heavy atom. The standard InChI is InChI=1S/C16H23NO2/c1-13(17-8-2-3-9-17)4-5-14-6-7-15-16(12-14)19-11-10-18-15/h6-7,12-13H,2-5,8-11H2,1H3/t13-/m0/s1. The molecule has 0 spiro atoms. The van der Waals surface area contributed by atoms with Crippen molar-refractivity contribution < 1.29 is 9.47 Å². The normalized spacial score (nSPS) is 20.5. The molecule has 3 rings (SSSR count). The highest BCUT2D eigenvalue weighted by Gasteiger charge is 2.18. The highest BCUT2D eigenvalue weighted by atomic mass is 16.6. The molecule has 1 atom stereocenters. The van der Waals surface area contributed by atoms with Crippen LogP contribution in [-0.2, 0) is 6.42 Å². The van der Waals surface area contributed by atoms with Gasteiger partial charge in [-0.15, -0.1) is 0 Å². The molecule has 1 fully saturated rings. The highest BCUT2D eigenvalue weighted by Crippen LogP contribution is 2.31. The predicted octanol–water partition coefficient (Wildman–Crippen LogP) is 2.87. The number of hydrogen-bond donors (Lipinski definition) is 0. The van der Waals surface area contributed by atoms with Crippen LogP contribution in [0.25, 0.3) is 0 Å². The first-order valence-corrected chi connectivity index (χ1v) is 7.45. The van der Waals surface area contributed by atoms with Crippen LogP contribution < -0.4 is 9.47 Å². The summed E-state index contributed by atoms with van der Waals surface area (Å²) in [5, 5.41) is 0. The van der Waals surface area contributed by atoms with Crippen LogP contribution in [0.4, 0.5) is 0 Å². The van der Waals surface area contributed by atoms with Crippen LogP contribution in [0.15, 0.2) is 18.2 Å². The van der Waals surface area contributed by atoms with Crippen LogP contribution >= 0.6 is 0 Å². The molecule has 2 aliphatic rings. The van der Waals surface area contributed by atoms with Gasteiger partial charge >= 0.3 is 0 Å². The van der Waals surface area contributed by atoms with Crippen molar-refractivity contribution in [3.05, 3.63) is 23.8 Å². The molecule has 1 aromatic carbocycles. The summed E-state index contributed by atoms with van der Waals surface area (Å²) in [4.78, 5) is 2.61. The molecule has 0 unspecified atom stereocenters. The zero-order chi connectivity index (χ0) is 13.1. The van der Waals surface area contributed by atoms with E-state index in [-0.39, 0.29) is 0 Å². The average Bonchev–Trinajstić information content (AvgIpc) is 2.99. The Labute approximate surface area is 115 Å². The highest BCUT2D eigenvalue weighted by molar-refractivity contribution is 5.43. The number of fused-ring (bicyclic) bond motifs is 1. The zero-order valence-electron chi connectivity index (χ0n) is 11.7. The summed E-state index contributed by atoms with van der Waals surface area (Å²) >= 11 is 0. The van der Waals surface area contributed by atoms with Crippen molar-refractivity contribution in [1.29, 1.82) is 0 Å². The molecule has 0 aliphatic carbocycles. The third-order valence-corrected chi connectivity index (χ3v) is 4.22. The lowest BCUT2D eigenvalue weighted by Crippen LogP contribution is -2.30. The molecule has 0 N–H and O–H groups in total. The van der Waals surface area contributed by atoms with Crippen LogP contribution in [0.2, 0.25) is 0 Å². The Bertz CT molecular complexity index is 427. The molecule has 1 aromatic rings. The van der Waals surface area contributed by atoms with Crippen molar-refractivity contribution >= 4 is 0 Å². The Balaban J connectivity index is 1.57. The molecule has 3 nitrogen and oxygen atoms in total. The van der Waals surface area contributed by atoms with Gasteiger partial charge in [-0.05, 0) is 63.4 Å². The van der Waals surface area contributed by atoms with E-state index in [1.54, 1.807) is 0 Å². The second-order valence-corrected chi connectivity index (χ2v) is 5.61. The molecule has 0 saturated carbocycles. The minimum absolute atomic E-state index is 0.665. The summed E-state index contributed by atoms with van der Waals surface area (Å²) in [6.45, 7) is 6.24. The smallest absolute Gasteiger partial charge is 0.161 e. The van der Waals surface area contributed by atoms with E-state index in [4.69, 9.17) is 9.47 Å². The van der Waals surface area contributed by atoms with Crippen molar-refractivity contribution in [2.45, 2.75) is 38.6 Å². The summed E-state index contributed by atoms with van der Waals surface area (Å²) in [5.74, 6) is 1.81. The third-order valence-electron chi connectivity index (χ3n) is 4.22. The number of ether oxygens (including phenoxy) is 2. The predicted molar refractivity (Wildman–Crippen MR) is 76.0 cm³/mol. The second kappa shape index (κ2) is 5.83. The molecule has 2 aliphatic heterocycles. The van der Waals surface area contributed by atoms with Gasteiger partial charge in [0.1, 0.15) is 13.2 Å². The fraction of sp³-hybridized carbons (Fsp3) is 0.625. The number of benzene rings is 1. The Kier molecular flexibility index (Phi) is 3.92. The maximum atomic E-state index is 5.64. The van der Waals surface area contributed by atoms with E-state index in [1.165, 1.54) is 37.9 Å². The molecule has 2 heterocycles. The summed E-state index contributed by atoms with van der Waals surface area (Å²) < 4.78 is 11.2. The van der Waals surface area contributed by atoms with Gasteiger partial charge in [0, 0.05) is 6.04 Å². The molecule has 0 amide bonds. The largest absolute Gasteiger partial charge is 0.486 e. The summed E-state index contributed by atoms with van der Waals surface area (Å²) in [6.07, 6.45) is 5.08. The van der Waals surface area contributed by atoms with Gasteiger partial charge in [0.2, 0.25) is 0 Å². The fourth-order valence-corrected chi connectivity index (χ4v) is 2.98. The van der Waals surface area contributed by atoms with Gasteiger partial charge in [0.15, 0.2) is 11.5 Å². The minimum Gasteiger partial charge on any atom is -0.486 e. The van der Waals surface area contributed by atoms with Gasteiger partial charge in [0.25, 0.3) is 0 Å². The van der Waals surface area contributed by atoms with Crippen LogP contribution in [0.1, 0.15) is 31.7 Å². The SMILES string of the molecule is C[C@@H](CCc1ccc2c(c1)OCCO2)N1CCCC1. The zero-order valence-corrected chi connectivity index (χ0v) is 11.7. The van der Waals surface area contributed by atoms with Gasteiger partial charge < -0.3 is 14.4 Å². The third kappa shape index (κ3) is 3.03. The summed E-state index contributed by atoms with van der Waals surface area (Å²) in [6, 6.07) is 7.05. The summed E-state index contributed by atoms with van der Waals surface area (Å²) in [7, 11) is 0. The number of hydrogen-bond acceptors (Lipinski definition) is 3. The van der Waals surface area contributed by atoms with Gasteiger partial charge in [-0.2, -0.15) is 0 Å². The molecule has 0 aromatic heterocycles. The van der Waals surface area contributed by atoms with Crippen molar-refractivity contribution in [1.82, 2.24) is 4.90 Å². The van der Waals surface area contributed by atoms with Crippen LogP contribution in [0.5, 0.6) is 11.5 Å². The van der Waals surface area contributed by atoms with Crippen LogP contribution in [-0.4, -0.2) is 37.2 Å². The molecule has 0 bridgehead atoms. The maximum Gasteiger partial charge on any atom is 0.161 e. The maximum absolute atomic E-state index is 5.64. The van der Waals surface area contributed by atoms with E-state index in [2.05, 4.69) is 24.0 Å². The van der Waals surface area contributed by atoms with Gasteiger partial charge in [-0.25, -0.2) is 0 Å². The van der Waals surface area contributed by atoms with Crippen LogP contribution in [0, 0.1) is 0 Å². The van der Waals surface area contributed by atoms with E-state index in [9.17, 15) is 0 Å². The minimum atomic E-state index is 0.665. The quantitative estimate of drug-likeness (QED) is 0.832. The molecule has 19 heavy (non-hydrogen) atoms. The lowest BCUT2D eigenvalue weighted by Gasteiger charge is -2.24. The van der Waals surface area contributed by atoms with Gasteiger partial charge in [-0.3, -0.25) is 0 Å². The van der Waals surface area contributed by atoms with E-state index in [1.807, 2.05) is 6.07 Å². The lowest BCUT2D eigenvalue weighted by molar-refractivity contribution is 0.171. The molecular weight excluding hydrogens is 238 g/mol. The molecular formula is C16H23NO2.